The summed E-state index contributed by atoms with van der Waals surface area (Å²) in [6, 6.07) is 14.3. The zero-order valence-electron chi connectivity index (χ0n) is 16.8. The molecule has 0 spiro atoms. The quantitative estimate of drug-likeness (QED) is 0.400. The van der Waals surface area contributed by atoms with Crippen LogP contribution in [0.4, 0.5) is 5.69 Å². The summed E-state index contributed by atoms with van der Waals surface area (Å²) in [6.07, 6.45) is 0.0286. The van der Waals surface area contributed by atoms with Crippen LogP contribution >= 0.6 is 12.2 Å². The zero-order chi connectivity index (χ0) is 22.4. The van der Waals surface area contributed by atoms with Crippen molar-refractivity contribution >= 4 is 35.6 Å². The highest BCUT2D eigenvalue weighted by Crippen LogP contribution is 2.19. The number of rotatable bonds is 8. The topological polar surface area (TPSA) is 135 Å². The van der Waals surface area contributed by atoms with Gasteiger partial charge in [-0.15, -0.1) is 0 Å². The average Bonchev–Trinajstić information content (AvgIpc) is 3.08. The minimum Gasteiger partial charge on any atom is -0.370 e. The van der Waals surface area contributed by atoms with Gasteiger partial charge in [-0.2, -0.15) is 5.10 Å². The van der Waals surface area contributed by atoms with Crippen LogP contribution in [-0.4, -0.2) is 39.0 Å². The van der Waals surface area contributed by atoms with Crippen LogP contribution in [0.2, 0.25) is 0 Å². The molecular weight excluding hydrogens is 416 g/mol. The molecule has 0 aliphatic rings. The predicted molar refractivity (Wildman–Crippen MR) is 119 cm³/mol. The number of para-hydroxylation sites is 1. The SMILES string of the molecule is Cc1ccc(-c2n[nH]c(=S)n2CC(=O)Nc2ccccc2C(=O)NCCC(N)=O)cc1. The van der Waals surface area contributed by atoms with Crippen molar-refractivity contribution in [1.29, 1.82) is 0 Å². The Morgan fingerprint density at radius 1 is 1.13 bits per heavy atom. The molecule has 0 saturated heterocycles. The molecule has 0 unspecified atom stereocenters. The van der Waals surface area contributed by atoms with E-state index in [-0.39, 0.29) is 31.0 Å². The van der Waals surface area contributed by atoms with E-state index in [0.717, 1.165) is 11.1 Å². The van der Waals surface area contributed by atoms with Crippen LogP contribution < -0.4 is 16.4 Å². The van der Waals surface area contributed by atoms with Gasteiger partial charge in [0.1, 0.15) is 6.54 Å². The summed E-state index contributed by atoms with van der Waals surface area (Å²) in [6.45, 7) is 2.01. The number of hydrogen-bond donors (Lipinski definition) is 4. The number of H-pyrrole nitrogens is 1. The molecule has 0 aliphatic heterocycles. The van der Waals surface area contributed by atoms with Crippen molar-refractivity contribution in [3.8, 4) is 11.4 Å². The van der Waals surface area contributed by atoms with Crippen molar-refractivity contribution in [3.05, 3.63) is 64.4 Å². The average molecular weight is 439 g/mol. The summed E-state index contributed by atoms with van der Waals surface area (Å²) in [5.74, 6) is -0.763. The van der Waals surface area contributed by atoms with E-state index < -0.39 is 11.8 Å². The molecule has 3 rings (SSSR count). The lowest BCUT2D eigenvalue weighted by Crippen LogP contribution is -2.29. The van der Waals surface area contributed by atoms with Gasteiger partial charge in [-0.1, -0.05) is 42.0 Å². The summed E-state index contributed by atoms with van der Waals surface area (Å²) in [4.78, 5) is 36.0. The minimum atomic E-state index is -0.511. The van der Waals surface area contributed by atoms with E-state index in [9.17, 15) is 14.4 Å². The number of primary amides is 1. The van der Waals surface area contributed by atoms with Gasteiger partial charge < -0.3 is 16.4 Å². The number of aromatic nitrogens is 3. The summed E-state index contributed by atoms with van der Waals surface area (Å²) in [5.41, 5.74) is 7.63. The molecule has 0 radical (unpaired) electrons. The number of nitrogens with two attached hydrogens (primary N) is 1. The molecule has 5 N–H and O–H groups in total. The highest BCUT2D eigenvalue weighted by atomic mass is 32.1. The second kappa shape index (κ2) is 9.81. The molecule has 0 saturated carbocycles. The maximum atomic E-state index is 12.7. The second-order valence-electron chi connectivity index (χ2n) is 6.87. The van der Waals surface area contributed by atoms with Crippen LogP contribution in [0.15, 0.2) is 48.5 Å². The first kappa shape index (κ1) is 21.9. The number of anilines is 1. The summed E-state index contributed by atoms with van der Waals surface area (Å²) < 4.78 is 1.90. The highest BCUT2D eigenvalue weighted by molar-refractivity contribution is 7.71. The fraction of sp³-hybridized carbons (Fsp3) is 0.190. The third-order valence-electron chi connectivity index (χ3n) is 4.47. The molecule has 0 bridgehead atoms. The fourth-order valence-electron chi connectivity index (χ4n) is 2.91. The van der Waals surface area contributed by atoms with Crippen LogP contribution in [0.3, 0.4) is 0 Å². The van der Waals surface area contributed by atoms with Gasteiger partial charge in [-0.3, -0.25) is 24.0 Å². The Balaban J connectivity index is 1.75. The normalized spacial score (nSPS) is 10.5. The number of carbonyl (C=O) groups is 3. The van der Waals surface area contributed by atoms with Crippen LogP contribution in [0, 0.1) is 11.7 Å². The van der Waals surface area contributed by atoms with Crippen molar-refractivity contribution < 1.29 is 14.4 Å². The Morgan fingerprint density at radius 3 is 2.55 bits per heavy atom. The van der Waals surface area contributed by atoms with Crippen molar-refractivity contribution in [2.75, 3.05) is 11.9 Å². The summed E-state index contributed by atoms with van der Waals surface area (Å²) in [5, 5.41) is 12.3. The number of aryl methyl sites for hydroxylation is 1. The maximum Gasteiger partial charge on any atom is 0.253 e. The number of aromatic amines is 1. The number of nitrogens with one attached hydrogen (secondary N) is 3. The van der Waals surface area contributed by atoms with Gasteiger partial charge >= 0.3 is 0 Å². The molecule has 2 aromatic carbocycles. The molecule has 9 nitrogen and oxygen atoms in total. The molecule has 0 fully saturated rings. The molecule has 0 aliphatic carbocycles. The monoisotopic (exact) mass is 438 g/mol. The Morgan fingerprint density at radius 2 is 1.84 bits per heavy atom. The Bertz CT molecular complexity index is 1170. The number of benzene rings is 2. The van der Waals surface area contributed by atoms with Gasteiger partial charge in [0.05, 0.1) is 11.3 Å². The highest BCUT2D eigenvalue weighted by Gasteiger charge is 2.16. The summed E-state index contributed by atoms with van der Waals surface area (Å²) >= 11 is 5.28. The lowest BCUT2D eigenvalue weighted by atomic mass is 10.1. The van der Waals surface area contributed by atoms with Gasteiger partial charge in [0, 0.05) is 18.5 Å². The van der Waals surface area contributed by atoms with E-state index in [0.29, 0.717) is 16.3 Å². The van der Waals surface area contributed by atoms with Crippen molar-refractivity contribution in [3.63, 3.8) is 0 Å². The Labute approximate surface area is 183 Å². The van der Waals surface area contributed by atoms with Gasteiger partial charge in [-0.25, -0.2) is 0 Å². The lowest BCUT2D eigenvalue weighted by molar-refractivity contribution is -0.118. The number of amides is 3. The van der Waals surface area contributed by atoms with E-state index in [1.807, 2.05) is 31.2 Å². The van der Waals surface area contributed by atoms with Crippen LogP contribution in [0.5, 0.6) is 0 Å². The van der Waals surface area contributed by atoms with Gasteiger partial charge in [0.25, 0.3) is 5.91 Å². The van der Waals surface area contributed by atoms with Crippen molar-refractivity contribution in [1.82, 2.24) is 20.1 Å². The molecular formula is C21H22N6O3S. The number of nitrogens with zero attached hydrogens (tertiary/aromatic N) is 2. The molecule has 0 atom stereocenters. The first-order valence-electron chi connectivity index (χ1n) is 9.53. The first-order valence-corrected chi connectivity index (χ1v) is 9.93. The zero-order valence-corrected chi connectivity index (χ0v) is 17.7. The molecule has 10 heteroatoms. The van der Waals surface area contributed by atoms with Crippen molar-refractivity contribution in [2.24, 2.45) is 5.73 Å². The molecule has 3 aromatic rings. The predicted octanol–water partition coefficient (Wildman–Crippen LogP) is 2.16. The second-order valence-corrected chi connectivity index (χ2v) is 7.26. The molecule has 1 heterocycles. The van der Waals surface area contributed by atoms with E-state index in [1.54, 1.807) is 28.8 Å². The molecule has 3 amide bonds. The van der Waals surface area contributed by atoms with Gasteiger partial charge in [0.15, 0.2) is 10.6 Å². The molecule has 31 heavy (non-hydrogen) atoms. The van der Waals surface area contributed by atoms with Crippen LogP contribution in [0.25, 0.3) is 11.4 Å². The lowest BCUT2D eigenvalue weighted by Gasteiger charge is -2.12. The summed E-state index contributed by atoms with van der Waals surface area (Å²) in [7, 11) is 0. The van der Waals surface area contributed by atoms with Crippen molar-refractivity contribution in [2.45, 2.75) is 19.9 Å². The smallest absolute Gasteiger partial charge is 0.253 e. The van der Waals surface area contributed by atoms with Crippen LogP contribution in [0.1, 0.15) is 22.3 Å². The maximum absolute atomic E-state index is 12.7. The third-order valence-corrected chi connectivity index (χ3v) is 4.78. The number of hydrogen-bond acceptors (Lipinski definition) is 5. The minimum absolute atomic E-state index is 0.0286. The van der Waals surface area contributed by atoms with E-state index in [2.05, 4.69) is 20.8 Å². The van der Waals surface area contributed by atoms with Gasteiger partial charge in [-0.05, 0) is 31.3 Å². The first-order chi connectivity index (χ1) is 14.8. The Hall–Kier alpha value is -3.79. The molecule has 160 valence electrons. The van der Waals surface area contributed by atoms with Crippen LogP contribution in [-0.2, 0) is 16.1 Å². The van der Waals surface area contributed by atoms with E-state index >= 15 is 0 Å². The van der Waals surface area contributed by atoms with E-state index in [1.165, 1.54) is 0 Å². The third kappa shape index (κ3) is 5.64. The molecule has 1 aromatic heterocycles. The Kier molecular flexibility index (Phi) is 6.93. The van der Waals surface area contributed by atoms with E-state index in [4.69, 9.17) is 18.0 Å². The van der Waals surface area contributed by atoms with Gasteiger partial charge in [0.2, 0.25) is 11.8 Å². The number of carbonyl (C=O) groups excluding carboxylic acids is 3. The largest absolute Gasteiger partial charge is 0.370 e. The standard InChI is InChI=1S/C21H22N6O3S/c1-13-6-8-14(9-7-13)19-25-26-21(31)27(19)12-18(29)24-16-5-3-2-4-15(16)20(30)23-11-10-17(22)28/h2-9H,10-12H2,1H3,(H2,22,28)(H,23,30)(H,24,29)(H,26,31). The fourth-order valence-corrected chi connectivity index (χ4v) is 3.10.